The zero-order valence-corrected chi connectivity index (χ0v) is 12.5. The van der Waals surface area contributed by atoms with Gasteiger partial charge in [-0.05, 0) is 26.3 Å². The molecule has 1 N–H and O–H groups in total. The molecule has 0 spiro atoms. The first-order valence-electron chi connectivity index (χ1n) is 6.98. The molecule has 0 bridgehead atoms. The first-order chi connectivity index (χ1) is 9.44. The largest absolute Gasteiger partial charge is 0.487 e. The van der Waals surface area contributed by atoms with Gasteiger partial charge in [0, 0.05) is 31.8 Å². The van der Waals surface area contributed by atoms with Crippen molar-refractivity contribution < 1.29 is 4.74 Å². The number of ether oxygens (including phenoxy) is 1. The van der Waals surface area contributed by atoms with E-state index >= 15 is 0 Å². The quantitative estimate of drug-likeness (QED) is 0.932. The summed E-state index contributed by atoms with van der Waals surface area (Å²) in [6, 6.07) is 6.39. The number of hydrogen-bond donors (Lipinski definition) is 1. The third-order valence-electron chi connectivity index (χ3n) is 3.66. The molecule has 1 aromatic carbocycles. The second-order valence-corrected chi connectivity index (χ2v) is 6.10. The summed E-state index contributed by atoms with van der Waals surface area (Å²) in [5.74, 6) is 1.05. The molecule has 0 atom stereocenters. The van der Waals surface area contributed by atoms with E-state index in [4.69, 9.17) is 4.74 Å². The molecule has 0 aliphatic carbocycles. The second-order valence-electron chi connectivity index (χ2n) is 6.10. The van der Waals surface area contributed by atoms with E-state index in [0.29, 0.717) is 0 Å². The summed E-state index contributed by atoms with van der Waals surface area (Å²) in [7, 11) is 1.93. The number of hydrogen-bond acceptors (Lipinski definition) is 3. The van der Waals surface area contributed by atoms with Crippen LogP contribution in [-0.2, 0) is 20.0 Å². The second kappa shape index (κ2) is 4.54. The van der Waals surface area contributed by atoms with E-state index in [2.05, 4.69) is 42.5 Å². The minimum absolute atomic E-state index is 0.0946. The molecule has 3 rings (SSSR count). The maximum Gasteiger partial charge on any atom is 0.128 e. The lowest BCUT2D eigenvalue weighted by molar-refractivity contribution is 0.137. The molecule has 0 radical (unpaired) electrons. The van der Waals surface area contributed by atoms with Crippen LogP contribution in [0.4, 0.5) is 5.69 Å². The molecule has 1 aliphatic rings. The van der Waals surface area contributed by atoms with Gasteiger partial charge in [0.05, 0.1) is 11.4 Å². The number of para-hydroxylation sites is 1. The molecule has 1 aliphatic heterocycles. The molecule has 0 unspecified atom stereocenters. The summed E-state index contributed by atoms with van der Waals surface area (Å²) in [6.45, 7) is 7.04. The Bertz CT molecular complexity index is 643. The predicted octanol–water partition coefficient (Wildman–Crippen LogP) is 3.05. The van der Waals surface area contributed by atoms with Gasteiger partial charge in [0.2, 0.25) is 0 Å². The van der Waals surface area contributed by atoms with Gasteiger partial charge in [0.25, 0.3) is 0 Å². The first kappa shape index (κ1) is 13.0. The van der Waals surface area contributed by atoms with Crippen LogP contribution in [0.3, 0.4) is 0 Å². The Morgan fingerprint density at radius 3 is 2.90 bits per heavy atom. The van der Waals surface area contributed by atoms with Crippen molar-refractivity contribution in [3.05, 3.63) is 41.2 Å². The molecule has 2 heterocycles. The first-order valence-corrected chi connectivity index (χ1v) is 6.98. The zero-order chi connectivity index (χ0) is 14.3. The van der Waals surface area contributed by atoms with Crippen molar-refractivity contribution in [3.8, 4) is 5.75 Å². The van der Waals surface area contributed by atoms with E-state index in [0.717, 1.165) is 30.1 Å². The molecule has 4 nitrogen and oxygen atoms in total. The number of fused-ring (bicyclic) bond motifs is 1. The Morgan fingerprint density at radius 1 is 1.40 bits per heavy atom. The fraction of sp³-hybridized carbons (Fsp3) is 0.438. The number of nitrogens with one attached hydrogen (secondary N) is 1. The van der Waals surface area contributed by atoms with Crippen molar-refractivity contribution in [2.45, 2.75) is 39.3 Å². The number of benzene rings is 1. The highest BCUT2D eigenvalue weighted by Crippen LogP contribution is 2.37. The Morgan fingerprint density at radius 2 is 2.20 bits per heavy atom. The van der Waals surface area contributed by atoms with Gasteiger partial charge in [-0.3, -0.25) is 4.68 Å². The third-order valence-corrected chi connectivity index (χ3v) is 3.66. The Balaban J connectivity index is 1.80. The molecule has 2 aromatic rings. The molecule has 106 valence electrons. The van der Waals surface area contributed by atoms with Crippen molar-refractivity contribution in [1.29, 1.82) is 0 Å². The topological polar surface area (TPSA) is 39.1 Å². The number of aryl methyl sites for hydroxylation is 2. The van der Waals surface area contributed by atoms with E-state index in [-0.39, 0.29) is 5.60 Å². The summed E-state index contributed by atoms with van der Waals surface area (Å²) < 4.78 is 7.91. The van der Waals surface area contributed by atoms with E-state index in [1.165, 1.54) is 11.1 Å². The number of nitrogens with zero attached hydrogens (tertiary/aromatic N) is 2. The average molecular weight is 271 g/mol. The van der Waals surface area contributed by atoms with Gasteiger partial charge in [-0.1, -0.05) is 18.2 Å². The molecule has 0 saturated carbocycles. The van der Waals surface area contributed by atoms with E-state index in [1.807, 2.05) is 24.9 Å². The van der Waals surface area contributed by atoms with Crippen LogP contribution in [0, 0.1) is 6.92 Å². The Labute approximate surface area is 119 Å². The van der Waals surface area contributed by atoms with Crippen LogP contribution in [0.2, 0.25) is 0 Å². The predicted molar refractivity (Wildman–Crippen MR) is 80.1 cm³/mol. The fourth-order valence-corrected chi connectivity index (χ4v) is 2.78. The summed E-state index contributed by atoms with van der Waals surface area (Å²) in [5, 5.41) is 7.79. The van der Waals surface area contributed by atoms with Crippen LogP contribution in [0.5, 0.6) is 5.75 Å². The smallest absolute Gasteiger partial charge is 0.128 e. The molecule has 20 heavy (non-hydrogen) atoms. The standard InChI is InChI=1S/C16H21N3O/c1-11-14(10-19(4)18-11)17-9-13-7-5-6-12-8-16(2,3)20-15(12)13/h5-7,10,17H,8-9H2,1-4H3. The molecule has 0 fully saturated rings. The molecule has 0 amide bonds. The van der Waals surface area contributed by atoms with E-state index in [1.54, 1.807) is 0 Å². The van der Waals surface area contributed by atoms with Crippen molar-refractivity contribution in [2.75, 3.05) is 5.32 Å². The molecular formula is C16H21N3O. The lowest BCUT2D eigenvalue weighted by atomic mass is 10.0. The van der Waals surface area contributed by atoms with E-state index < -0.39 is 0 Å². The monoisotopic (exact) mass is 271 g/mol. The summed E-state index contributed by atoms with van der Waals surface area (Å²) in [6.07, 6.45) is 2.98. The summed E-state index contributed by atoms with van der Waals surface area (Å²) in [5.41, 5.74) is 4.50. The van der Waals surface area contributed by atoms with Gasteiger partial charge in [-0.2, -0.15) is 5.10 Å². The van der Waals surface area contributed by atoms with Crippen molar-refractivity contribution in [1.82, 2.24) is 9.78 Å². The van der Waals surface area contributed by atoms with Gasteiger partial charge in [0.15, 0.2) is 0 Å². The van der Waals surface area contributed by atoms with Gasteiger partial charge in [-0.15, -0.1) is 0 Å². The fourth-order valence-electron chi connectivity index (χ4n) is 2.78. The number of rotatable bonds is 3. The lowest BCUT2D eigenvalue weighted by Crippen LogP contribution is -2.25. The average Bonchev–Trinajstić information content (AvgIpc) is 2.84. The normalized spacial score (nSPS) is 15.8. The third kappa shape index (κ3) is 2.38. The van der Waals surface area contributed by atoms with Crippen molar-refractivity contribution >= 4 is 5.69 Å². The van der Waals surface area contributed by atoms with Crippen molar-refractivity contribution in [3.63, 3.8) is 0 Å². The maximum atomic E-state index is 6.09. The van der Waals surface area contributed by atoms with Crippen LogP contribution in [0.15, 0.2) is 24.4 Å². The minimum atomic E-state index is -0.0946. The van der Waals surface area contributed by atoms with Gasteiger partial charge < -0.3 is 10.1 Å². The number of anilines is 1. The summed E-state index contributed by atoms with van der Waals surface area (Å²) >= 11 is 0. The SMILES string of the molecule is Cc1nn(C)cc1NCc1cccc2c1OC(C)(C)C2. The summed E-state index contributed by atoms with van der Waals surface area (Å²) in [4.78, 5) is 0. The van der Waals surface area contributed by atoms with Crippen LogP contribution < -0.4 is 10.1 Å². The molecular weight excluding hydrogens is 250 g/mol. The highest BCUT2D eigenvalue weighted by Gasteiger charge is 2.31. The van der Waals surface area contributed by atoms with Crippen LogP contribution in [-0.4, -0.2) is 15.4 Å². The minimum Gasteiger partial charge on any atom is -0.487 e. The molecule has 1 aromatic heterocycles. The number of aromatic nitrogens is 2. The zero-order valence-electron chi connectivity index (χ0n) is 12.5. The molecule has 4 heteroatoms. The molecule has 0 saturated heterocycles. The highest BCUT2D eigenvalue weighted by molar-refractivity contribution is 5.50. The van der Waals surface area contributed by atoms with Crippen LogP contribution >= 0.6 is 0 Å². The Kier molecular flexibility index (Phi) is 2.96. The lowest BCUT2D eigenvalue weighted by Gasteiger charge is -2.18. The Hall–Kier alpha value is -1.97. The highest BCUT2D eigenvalue weighted by atomic mass is 16.5. The van der Waals surface area contributed by atoms with Gasteiger partial charge >= 0.3 is 0 Å². The van der Waals surface area contributed by atoms with Crippen molar-refractivity contribution in [2.24, 2.45) is 7.05 Å². The van der Waals surface area contributed by atoms with Crippen LogP contribution in [0.1, 0.15) is 30.7 Å². The van der Waals surface area contributed by atoms with Gasteiger partial charge in [0.1, 0.15) is 11.4 Å². The van der Waals surface area contributed by atoms with Crippen LogP contribution in [0.25, 0.3) is 0 Å². The maximum absolute atomic E-state index is 6.09. The van der Waals surface area contributed by atoms with E-state index in [9.17, 15) is 0 Å². The van der Waals surface area contributed by atoms with Gasteiger partial charge in [-0.25, -0.2) is 0 Å².